The van der Waals surface area contributed by atoms with Crippen LogP contribution in [0.1, 0.15) is 48.1 Å². The van der Waals surface area contributed by atoms with Gasteiger partial charge in [0.1, 0.15) is 0 Å². The number of hydrogen-bond acceptors (Lipinski definition) is 6. The maximum Gasteiger partial charge on any atom is 0.367 e. The highest BCUT2D eigenvalue weighted by molar-refractivity contribution is 7.11. The fourth-order valence-electron chi connectivity index (χ4n) is 2.63. The standard InChI is InChI=1S/C14H22N2O3S/c1-2-19-14(18)13-15-11(10-20-13)9-16-7-3-5-12(16)6-4-8-17/h10,12,17H,2-9H2,1H3. The van der Waals surface area contributed by atoms with Gasteiger partial charge in [-0.1, -0.05) is 0 Å². The zero-order valence-electron chi connectivity index (χ0n) is 11.9. The summed E-state index contributed by atoms with van der Waals surface area (Å²) in [5, 5.41) is 11.3. The van der Waals surface area contributed by atoms with E-state index >= 15 is 0 Å². The first-order chi connectivity index (χ1) is 9.74. The molecule has 0 aromatic carbocycles. The van der Waals surface area contributed by atoms with E-state index in [1.807, 2.05) is 5.38 Å². The van der Waals surface area contributed by atoms with Crippen molar-refractivity contribution in [3.63, 3.8) is 0 Å². The van der Waals surface area contributed by atoms with Gasteiger partial charge in [0, 0.05) is 24.6 Å². The predicted octanol–water partition coefficient (Wildman–Crippen LogP) is 2.06. The van der Waals surface area contributed by atoms with Crippen LogP contribution in [0.5, 0.6) is 0 Å². The molecular formula is C14H22N2O3S. The zero-order valence-corrected chi connectivity index (χ0v) is 12.7. The summed E-state index contributed by atoms with van der Waals surface area (Å²) in [7, 11) is 0. The number of aliphatic hydroxyl groups excluding tert-OH is 1. The smallest absolute Gasteiger partial charge is 0.367 e. The number of hydrogen-bond donors (Lipinski definition) is 1. The number of likely N-dealkylation sites (tertiary alicyclic amines) is 1. The maximum atomic E-state index is 11.6. The predicted molar refractivity (Wildman–Crippen MR) is 77.8 cm³/mol. The molecule has 0 bridgehead atoms. The monoisotopic (exact) mass is 298 g/mol. The van der Waals surface area contributed by atoms with E-state index in [0.717, 1.165) is 31.6 Å². The number of rotatable bonds is 7. The van der Waals surface area contributed by atoms with Gasteiger partial charge in [-0.15, -0.1) is 11.3 Å². The van der Waals surface area contributed by atoms with Crippen LogP contribution in [0, 0.1) is 0 Å². The van der Waals surface area contributed by atoms with Crippen molar-refractivity contribution in [3.05, 3.63) is 16.1 Å². The third kappa shape index (κ3) is 4.01. The minimum Gasteiger partial charge on any atom is -0.461 e. The molecule has 0 radical (unpaired) electrons. The SMILES string of the molecule is CCOC(=O)c1nc(CN2CCCC2CCCO)cs1. The van der Waals surface area contributed by atoms with Gasteiger partial charge in [-0.25, -0.2) is 9.78 Å². The molecule has 1 fully saturated rings. The van der Waals surface area contributed by atoms with Crippen molar-refractivity contribution in [2.75, 3.05) is 19.8 Å². The molecule has 2 rings (SSSR count). The Balaban J connectivity index is 1.90. The van der Waals surface area contributed by atoms with Crippen LogP contribution in [-0.2, 0) is 11.3 Å². The average molecular weight is 298 g/mol. The summed E-state index contributed by atoms with van der Waals surface area (Å²) >= 11 is 1.35. The molecule has 0 aliphatic carbocycles. The highest BCUT2D eigenvalue weighted by Gasteiger charge is 2.25. The van der Waals surface area contributed by atoms with Gasteiger partial charge >= 0.3 is 5.97 Å². The first-order valence-corrected chi connectivity index (χ1v) is 8.09. The molecular weight excluding hydrogens is 276 g/mol. The Labute approximate surface area is 123 Å². The quantitative estimate of drug-likeness (QED) is 0.781. The second-order valence-corrected chi connectivity index (χ2v) is 5.85. The Kier molecular flexibility index (Phi) is 5.94. The van der Waals surface area contributed by atoms with Crippen molar-refractivity contribution in [3.8, 4) is 0 Å². The number of aromatic nitrogens is 1. The van der Waals surface area contributed by atoms with Gasteiger partial charge in [-0.05, 0) is 39.2 Å². The molecule has 1 N–H and O–H groups in total. The summed E-state index contributed by atoms with van der Waals surface area (Å²) in [5.74, 6) is -0.331. The number of thiazole rings is 1. The summed E-state index contributed by atoms with van der Waals surface area (Å²) in [5.41, 5.74) is 0.939. The lowest BCUT2D eigenvalue weighted by molar-refractivity contribution is 0.0525. The van der Waals surface area contributed by atoms with E-state index in [-0.39, 0.29) is 12.6 Å². The van der Waals surface area contributed by atoms with Crippen molar-refractivity contribution >= 4 is 17.3 Å². The van der Waals surface area contributed by atoms with E-state index in [4.69, 9.17) is 9.84 Å². The molecule has 1 aromatic heterocycles. The molecule has 5 nitrogen and oxygen atoms in total. The Morgan fingerprint density at radius 3 is 3.25 bits per heavy atom. The van der Waals surface area contributed by atoms with Crippen LogP contribution in [0.3, 0.4) is 0 Å². The lowest BCUT2D eigenvalue weighted by Gasteiger charge is -2.23. The summed E-state index contributed by atoms with van der Waals surface area (Å²) in [6.07, 6.45) is 4.28. The van der Waals surface area contributed by atoms with Crippen molar-refractivity contribution in [1.29, 1.82) is 0 Å². The van der Waals surface area contributed by atoms with Gasteiger partial charge in [0.2, 0.25) is 5.01 Å². The molecule has 1 saturated heterocycles. The fourth-order valence-corrected chi connectivity index (χ4v) is 3.33. The molecule has 0 saturated carbocycles. The van der Waals surface area contributed by atoms with E-state index in [2.05, 4.69) is 9.88 Å². The molecule has 1 aliphatic rings. The summed E-state index contributed by atoms with van der Waals surface area (Å²) < 4.78 is 4.95. The molecule has 1 unspecified atom stereocenters. The lowest BCUT2D eigenvalue weighted by Crippen LogP contribution is -2.29. The van der Waals surface area contributed by atoms with Gasteiger partial charge in [0.15, 0.2) is 0 Å². The fraction of sp³-hybridized carbons (Fsp3) is 0.714. The van der Waals surface area contributed by atoms with Crippen molar-refractivity contribution < 1.29 is 14.6 Å². The molecule has 0 spiro atoms. The molecule has 1 atom stereocenters. The number of carbonyl (C=O) groups is 1. The van der Waals surface area contributed by atoms with Crippen molar-refractivity contribution in [2.24, 2.45) is 0 Å². The van der Waals surface area contributed by atoms with Crippen LogP contribution < -0.4 is 0 Å². The molecule has 1 aromatic rings. The van der Waals surface area contributed by atoms with Crippen LogP contribution in [-0.4, -0.2) is 46.8 Å². The van der Waals surface area contributed by atoms with Crippen LogP contribution in [0.4, 0.5) is 0 Å². The highest BCUT2D eigenvalue weighted by atomic mass is 32.1. The lowest BCUT2D eigenvalue weighted by atomic mass is 10.1. The van der Waals surface area contributed by atoms with Gasteiger partial charge in [0.05, 0.1) is 12.3 Å². The molecule has 20 heavy (non-hydrogen) atoms. The number of aliphatic hydroxyl groups is 1. The van der Waals surface area contributed by atoms with Crippen molar-refractivity contribution in [2.45, 2.75) is 45.2 Å². The van der Waals surface area contributed by atoms with Crippen LogP contribution in [0.15, 0.2) is 5.38 Å². The van der Waals surface area contributed by atoms with E-state index in [9.17, 15) is 4.79 Å². The van der Waals surface area contributed by atoms with Gasteiger partial charge in [-0.3, -0.25) is 4.90 Å². The van der Waals surface area contributed by atoms with Crippen LogP contribution in [0.2, 0.25) is 0 Å². The van der Waals surface area contributed by atoms with Crippen LogP contribution >= 0.6 is 11.3 Å². The molecule has 2 heterocycles. The largest absolute Gasteiger partial charge is 0.461 e. The number of carbonyl (C=O) groups excluding carboxylic acids is 1. The Morgan fingerprint density at radius 1 is 1.65 bits per heavy atom. The zero-order chi connectivity index (χ0) is 14.4. The molecule has 1 aliphatic heterocycles. The first kappa shape index (κ1) is 15.4. The minimum absolute atomic E-state index is 0.258. The van der Waals surface area contributed by atoms with Crippen LogP contribution in [0.25, 0.3) is 0 Å². The van der Waals surface area contributed by atoms with Gasteiger partial charge in [0.25, 0.3) is 0 Å². The van der Waals surface area contributed by atoms with Gasteiger partial charge < -0.3 is 9.84 Å². The Bertz CT molecular complexity index is 436. The van der Waals surface area contributed by atoms with E-state index < -0.39 is 0 Å². The number of ether oxygens (including phenoxy) is 1. The maximum absolute atomic E-state index is 11.6. The minimum atomic E-state index is -0.331. The van der Waals surface area contributed by atoms with Crippen molar-refractivity contribution in [1.82, 2.24) is 9.88 Å². The summed E-state index contributed by atoms with van der Waals surface area (Å²) in [6.45, 7) is 4.29. The van der Waals surface area contributed by atoms with E-state index in [0.29, 0.717) is 17.7 Å². The van der Waals surface area contributed by atoms with E-state index in [1.165, 1.54) is 24.2 Å². The summed E-state index contributed by atoms with van der Waals surface area (Å²) in [6, 6.07) is 0.537. The topological polar surface area (TPSA) is 62.7 Å². The first-order valence-electron chi connectivity index (χ1n) is 7.21. The van der Waals surface area contributed by atoms with Gasteiger partial charge in [-0.2, -0.15) is 0 Å². The normalized spacial score (nSPS) is 19.4. The number of esters is 1. The molecule has 112 valence electrons. The second-order valence-electron chi connectivity index (χ2n) is 5.00. The van der Waals surface area contributed by atoms with E-state index in [1.54, 1.807) is 6.92 Å². The third-order valence-corrected chi connectivity index (χ3v) is 4.43. The second kappa shape index (κ2) is 7.71. The Hall–Kier alpha value is -0.980. The average Bonchev–Trinajstić information content (AvgIpc) is 3.07. The molecule has 0 amide bonds. The molecule has 6 heteroatoms. The summed E-state index contributed by atoms with van der Waals surface area (Å²) in [4.78, 5) is 18.3. The third-order valence-electron chi connectivity index (χ3n) is 3.56. The highest BCUT2D eigenvalue weighted by Crippen LogP contribution is 2.24. The Morgan fingerprint density at radius 2 is 2.50 bits per heavy atom. The number of nitrogens with zero attached hydrogens (tertiary/aromatic N) is 2.